The van der Waals surface area contributed by atoms with E-state index in [4.69, 9.17) is 0 Å². The van der Waals surface area contributed by atoms with Gasteiger partial charge in [0.05, 0.1) is 4.90 Å². The lowest BCUT2D eigenvalue weighted by molar-refractivity contribution is -0.111. The third-order valence-corrected chi connectivity index (χ3v) is 7.08. The van der Waals surface area contributed by atoms with Crippen LogP contribution in [-0.2, 0) is 27.7 Å². The second-order valence-corrected chi connectivity index (χ2v) is 8.76. The van der Waals surface area contributed by atoms with Crippen LogP contribution >= 0.6 is 0 Å². The quantitative estimate of drug-likeness (QED) is 0.720. The molecule has 0 fully saturated rings. The maximum absolute atomic E-state index is 12.5. The zero-order valence-electron chi connectivity index (χ0n) is 16.3. The first-order chi connectivity index (χ1) is 13.4. The van der Waals surface area contributed by atoms with Crippen LogP contribution in [0.25, 0.3) is 6.08 Å². The summed E-state index contributed by atoms with van der Waals surface area (Å²) in [5.74, 6) is -0.210. The lowest BCUT2D eigenvalue weighted by Gasteiger charge is -2.18. The van der Waals surface area contributed by atoms with Crippen LogP contribution in [0.1, 0.15) is 37.0 Å². The first-order valence-corrected chi connectivity index (χ1v) is 11.1. The zero-order chi connectivity index (χ0) is 20.1. The summed E-state index contributed by atoms with van der Waals surface area (Å²) < 4.78 is 26.4. The third kappa shape index (κ3) is 4.51. The van der Waals surface area contributed by atoms with Crippen molar-refractivity contribution >= 4 is 27.7 Å². The number of rotatable bonds is 7. The van der Waals surface area contributed by atoms with Crippen molar-refractivity contribution in [2.75, 3.05) is 18.4 Å². The highest BCUT2D eigenvalue weighted by Gasteiger charge is 2.20. The fourth-order valence-electron chi connectivity index (χ4n) is 3.47. The van der Waals surface area contributed by atoms with Gasteiger partial charge in [0.25, 0.3) is 0 Å². The summed E-state index contributed by atoms with van der Waals surface area (Å²) in [5.41, 5.74) is 4.25. The van der Waals surface area contributed by atoms with Crippen molar-refractivity contribution in [2.24, 2.45) is 0 Å². The van der Waals surface area contributed by atoms with E-state index in [1.807, 2.05) is 26.0 Å². The summed E-state index contributed by atoms with van der Waals surface area (Å²) in [6.07, 6.45) is 6.49. The summed E-state index contributed by atoms with van der Waals surface area (Å²) in [5, 5.41) is 2.88. The van der Waals surface area contributed by atoms with Gasteiger partial charge >= 0.3 is 0 Å². The largest absolute Gasteiger partial charge is 0.323 e. The number of hydrogen-bond donors (Lipinski definition) is 1. The minimum Gasteiger partial charge on any atom is -0.323 e. The number of sulfonamides is 1. The van der Waals surface area contributed by atoms with Gasteiger partial charge in [0.1, 0.15) is 0 Å². The summed E-state index contributed by atoms with van der Waals surface area (Å²) >= 11 is 0. The molecule has 0 unspecified atom stereocenters. The number of nitrogens with zero attached hydrogens (tertiary/aromatic N) is 1. The number of aryl methyl sites for hydroxylation is 2. The van der Waals surface area contributed by atoms with Gasteiger partial charge in [-0.1, -0.05) is 32.0 Å². The summed E-state index contributed by atoms with van der Waals surface area (Å²) in [4.78, 5) is 12.4. The Morgan fingerprint density at radius 2 is 1.71 bits per heavy atom. The molecule has 0 atom stereocenters. The molecule has 148 valence electrons. The molecule has 0 aromatic heterocycles. The normalized spacial score (nSPS) is 13.8. The number of benzene rings is 2. The predicted octanol–water partition coefficient (Wildman–Crippen LogP) is 3.86. The van der Waals surface area contributed by atoms with Gasteiger partial charge in [0, 0.05) is 24.9 Å². The van der Waals surface area contributed by atoms with E-state index < -0.39 is 10.0 Å². The van der Waals surface area contributed by atoms with Gasteiger partial charge < -0.3 is 5.32 Å². The third-order valence-electron chi connectivity index (χ3n) is 5.02. The van der Waals surface area contributed by atoms with E-state index in [2.05, 4.69) is 11.4 Å². The van der Waals surface area contributed by atoms with E-state index >= 15 is 0 Å². The zero-order valence-corrected chi connectivity index (χ0v) is 17.1. The molecule has 0 aliphatic heterocycles. The van der Waals surface area contributed by atoms with Gasteiger partial charge in [-0.05, 0) is 66.3 Å². The number of carbonyl (C=O) groups excluding carboxylic acids is 1. The second-order valence-electron chi connectivity index (χ2n) is 6.82. The fraction of sp³-hybridized carbons (Fsp3) is 0.318. The van der Waals surface area contributed by atoms with Gasteiger partial charge in [0.2, 0.25) is 15.9 Å². The lowest BCUT2D eigenvalue weighted by atomic mass is 10.1. The Balaban J connectivity index is 1.65. The van der Waals surface area contributed by atoms with Crippen LogP contribution in [0.5, 0.6) is 0 Å². The van der Waals surface area contributed by atoms with Crippen LogP contribution in [0.15, 0.2) is 53.4 Å². The molecule has 0 saturated carbocycles. The Morgan fingerprint density at radius 1 is 1.04 bits per heavy atom. The van der Waals surface area contributed by atoms with Crippen LogP contribution in [0.3, 0.4) is 0 Å². The molecule has 0 heterocycles. The fourth-order valence-corrected chi connectivity index (χ4v) is 4.93. The molecule has 1 N–H and O–H groups in total. The number of anilines is 1. The molecule has 0 bridgehead atoms. The van der Waals surface area contributed by atoms with Gasteiger partial charge in [-0.3, -0.25) is 4.79 Å². The molecule has 0 spiro atoms. The van der Waals surface area contributed by atoms with Crippen LogP contribution in [0, 0.1) is 0 Å². The van der Waals surface area contributed by atoms with Gasteiger partial charge in [-0.25, -0.2) is 8.42 Å². The van der Waals surface area contributed by atoms with E-state index in [0.717, 1.165) is 24.1 Å². The topological polar surface area (TPSA) is 66.5 Å². The van der Waals surface area contributed by atoms with Crippen molar-refractivity contribution in [3.63, 3.8) is 0 Å². The van der Waals surface area contributed by atoms with Gasteiger partial charge in [-0.2, -0.15) is 4.31 Å². The SMILES string of the molecule is CCN(CC)S(=O)(=O)c1ccc(/C=C\C(=O)Nc2ccc3c(c2)CCC3)cc1. The highest BCUT2D eigenvalue weighted by atomic mass is 32.2. The molecule has 3 rings (SSSR count). The van der Waals surface area contributed by atoms with E-state index in [-0.39, 0.29) is 10.8 Å². The minimum atomic E-state index is -3.47. The van der Waals surface area contributed by atoms with Crippen LogP contribution in [0.4, 0.5) is 5.69 Å². The molecule has 1 aliphatic rings. The number of fused-ring (bicyclic) bond motifs is 1. The molecule has 0 radical (unpaired) electrons. The lowest BCUT2D eigenvalue weighted by Crippen LogP contribution is -2.30. The Bertz CT molecular complexity index is 975. The van der Waals surface area contributed by atoms with Crippen molar-refractivity contribution in [2.45, 2.75) is 38.0 Å². The van der Waals surface area contributed by atoms with E-state index in [9.17, 15) is 13.2 Å². The maximum atomic E-state index is 12.5. The molecular formula is C22H26N2O3S. The van der Waals surface area contributed by atoms with Gasteiger partial charge in [0.15, 0.2) is 0 Å². The van der Waals surface area contributed by atoms with E-state index in [0.29, 0.717) is 13.1 Å². The van der Waals surface area contributed by atoms with Crippen molar-refractivity contribution in [1.29, 1.82) is 0 Å². The van der Waals surface area contributed by atoms with Crippen LogP contribution in [-0.4, -0.2) is 31.7 Å². The van der Waals surface area contributed by atoms with E-state index in [1.165, 1.54) is 27.9 Å². The molecule has 5 nitrogen and oxygen atoms in total. The molecule has 2 aromatic rings. The number of nitrogens with one attached hydrogen (secondary N) is 1. The molecule has 0 saturated heterocycles. The monoisotopic (exact) mass is 398 g/mol. The first kappa shape index (κ1) is 20.3. The Hall–Kier alpha value is -2.44. The molecule has 1 aliphatic carbocycles. The predicted molar refractivity (Wildman–Crippen MR) is 113 cm³/mol. The van der Waals surface area contributed by atoms with Crippen molar-refractivity contribution in [3.8, 4) is 0 Å². The molecule has 2 aromatic carbocycles. The Labute approximate surface area is 167 Å². The van der Waals surface area contributed by atoms with Gasteiger partial charge in [-0.15, -0.1) is 0 Å². The summed E-state index contributed by atoms with van der Waals surface area (Å²) in [6.45, 7) is 4.50. The average molecular weight is 399 g/mol. The smallest absolute Gasteiger partial charge is 0.248 e. The maximum Gasteiger partial charge on any atom is 0.248 e. The summed E-state index contributed by atoms with van der Waals surface area (Å²) in [6, 6.07) is 12.6. The molecule has 6 heteroatoms. The van der Waals surface area contributed by atoms with Crippen molar-refractivity contribution in [1.82, 2.24) is 4.31 Å². The van der Waals surface area contributed by atoms with Crippen molar-refractivity contribution in [3.05, 3.63) is 65.2 Å². The second kappa shape index (κ2) is 8.71. The standard InChI is InChI=1S/C22H26N2O3S/c1-3-24(4-2)28(26,27)21-13-8-17(9-14-21)10-15-22(25)23-20-12-11-18-6-5-7-19(18)16-20/h8-16H,3-7H2,1-2H3,(H,23,25)/b15-10-. The van der Waals surface area contributed by atoms with Crippen LogP contribution < -0.4 is 5.32 Å². The molecule has 1 amide bonds. The highest BCUT2D eigenvalue weighted by molar-refractivity contribution is 7.89. The highest BCUT2D eigenvalue weighted by Crippen LogP contribution is 2.25. The number of hydrogen-bond acceptors (Lipinski definition) is 3. The molecular weight excluding hydrogens is 372 g/mol. The minimum absolute atomic E-state index is 0.210. The average Bonchev–Trinajstić information content (AvgIpc) is 3.15. The molecule has 28 heavy (non-hydrogen) atoms. The van der Waals surface area contributed by atoms with Crippen LogP contribution in [0.2, 0.25) is 0 Å². The van der Waals surface area contributed by atoms with Crippen molar-refractivity contribution < 1.29 is 13.2 Å². The Morgan fingerprint density at radius 3 is 2.39 bits per heavy atom. The number of amides is 1. The first-order valence-electron chi connectivity index (χ1n) is 9.65. The Kier molecular flexibility index (Phi) is 6.31. The van der Waals surface area contributed by atoms with E-state index in [1.54, 1.807) is 30.3 Å². The summed E-state index contributed by atoms with van der Waals surface area (Å²) in [7, 11) is -3.47. The number of carbonyl (C=O) groups is 1.